The van der Waals surface area contributed by atoms with E-state index in [1.165, 1.54) is 68.9 Å². The number of likely N-dealkylation sites (tertiary alicyclic amines) is 1. The first-order valence-corrected chi connectivity index (χ1v) is 19.6. The van der Waals surface area contributed by atoms with Crippen LogP contribution in [0.15, 0.2) is 94.8 Å². The van der Waals surface area contributed by atoms with Crippen molar-refractivity contribution < 1.29 is 47.0 Å². The Kier molecular flexibility index (Phi) is 16.7. The number of aromatic nitrogens is 2. The highest BCUT2D eigenvalue weighted by Crippen LogP contribution is 2.29. The fourth-order valence-electron chi connectivity index (χ4n) is 6.73. The Morgan fingerprint density at radius 3 is 1.58 bits per heavy atom. The quantitative estimate of drug-likeness (QED) is 0.148. The average molecular weight is 883 g/mol. The van der Waals surface area contributed by atoms with E-state index in [1.807, 2.05) is 0 Å². The highest BCUT2D eigenvalue weighted by molar-refractivity contribution is 5.97. The molecule has 0 aliphatic carbocycles. The number of amides is 3. The van der Waals surface area contributed by atoms with Crippen molar-refractivity contribution in [2.24, 2.45) is 23.7 Å². The summed E-state index contributed by atoms with van der Waals surface area (Å²) in [5.41, 5.74) is -0.849. The molecule has 0 bridgehead atoms. The van der Waals surface area contributed by atoms with Gasteiger partial charge in [-0.3, -0.25) is 37.9 Å². The lowest BCUT2D eigenvalue weighted by atomic mass is 9.95. The molecule has 2 aliphatic heterocycles. The lowest BCUT2D eigenvalue weighted by Crippen LogP contribution is -2.36. The number of carbonyl (C=O) groups is 5. The molecule has 4 atom stereocenters. The molecule has 2 aromatic carbocycles. The van der Waals surface area contributed by atoms with Crippen molar-refractivity contribution in [1.29, 1.82) is 0 Å². The maximum absolute atomic E-state index is 14.8. The second-order valence-electron chi connectivity index (χ2n) is 15.1. The number of ether oxygens (including phenoxy) is 3. The number of nitrogens with zero attached hydrogens (tertiary/aromatic N) is 3. The first-order chi connectivity index (χ1) is 29.0. The molecule has 2 aromatic heterocycles. The number of benzene rings is 2. The number of anilines is 2. The molecule has 16 nitrogen and oxygen atoms in total. The Balaban J connectivity index is 0.000000275. The van der Waals surface area contributed by atoms with E-state index in [-0.39, 0.29) is 61.2 Å². The SMILES string of the molecule is CCOC(=O)[C@H]1CN(C(=O)OC(C)(C)C)C[C@@H]1C(=O)Nc1ccc(-n2ccccc2=O)cc1F.CCOC(=O)[C@H]1CNC[C@@H]1C(=O)Nc1ccc(-n2ccccc2=O)cc1F.Cl. The van der Waals surface area contributed by atoms with Crippen LogP contribution < -0.4 is 27.1 Å². The van der Waals surface area contributed by atoms with Crippen molar-refractivity contribution in [3.63, 3.8) is 0 Å². The number of esters is 2. The minimum Gasteiger partial charge on any atom is -0.466 e. The van der Waals surface area contributed by atoms with Gasteiger partial charge in [0.15, 0.2) is 0 Å². The first kappa shape index (κ1) is 48.3. The van der Waals surface area contributed by atoms with Gasteiger partial charge in [-0.05, 0) is 71.0 Å². The van der Waals surface area contributed by atoms with Gasteiger partial charge in [0, 0.05) is 62.8 Å². The molecule has 4 aromatic rings. The Morgan fingerprint density at radius 1 is 0.677 bits per heavy atom. The molecule has 2 aliphatic rings. The third-order valence-electron chi connectivity index (χ3n) is 9.66. The van der Waals surface area contributed by atoms with E-state index < -0.39 is 70.8 Å². The molecule has 3 N–H and O–H groups in total. The zero-order valence-electron chi connectivity index (χ0n) is 34.7. The Hall–Kier alpha value is -6.40. The fourth-order valence-corrected chi connectivity index (χ4v) is 6.73. The normalized spacial score (nSPS) is 18.0. The molecule has 0 radical (unpaired) electrons. The number of hydrogen-bond donors (Lipinski definition) is 3. The monoisotopic (exact) mass is 882 g/mol. The number of nitrogens with one attached hydrogen (secondary N) is 3. The summed E-state index contributed by atoms with van der Waals surface area (Å²) in [5, 5.41) is 8.00. The van der Waals surface area contributed by atoms with E-state index >= 15 is 0 Å². The minimum absolute atomic E-state index is 0. The van der Waals surface area contributed by atoms with Crippen LogP contribution in [0, 0.1) is 35.3 Å². The van der Waals surface area contributed by atoms with Crippen molar-refractivity contribution in [2.75, 3.05) is 50.0 Å². The van der Waals surface area contributed by atoms with Crippen LogP contribution in [0.1, 0.15) is 34.6 Å². The van der Waals surface area contributed by atoms with Crippen LogP contribution in [0.4, 0.5) is 25.0 Å². The molecule has 0 spiro atoms. The van der Waals surface area contributed by atoms with E-state index in [4.69, 9.17) is 14.2 Å². The van der Waals surface area contributed by atoms with Gasteiger partial charge < -0.3 is 35.1 Å². The second-order valence-corrected chi connectivity index (χ2v) is 15.1. The Morgan fingerprint density at radius 2 is 1.13 bits per heavy atom. The van der Waals surface area contributed by atoms with Crippen LogP contribution in [-0.2, 0) is 33.4 Å². The molecule has 3 amide bonds. The van der Waals surface area contributed by atoms with E-state index in [1.54, 1.807) is 58.9 Å². The average Bonchev–Trinajstić information content (AvgIpc) is 3.89. The van der Waals surface area contributed by atoms with Crippen LogP contribution in [-0.4, -0.2) is 88.9 Å². The fraction of sp³-hybridized carbons (Fsp3) is 0.372. The third kappa shape index (κ3) is 12.1. The van der Waals surface area contributed by atoms with Crippen molar-refractivity contribution in [3.05, 3.63) is 118 Å². The van der Waals surface area contributed by atoms with Crippen LogP contribution in [0.3, 0.4) is 0 Å². The van der Waals surface area contributed by atoms with Gasteiger partial charge in [0.05, 0.1) is 59.6 Å². The summed E-state index contributed by atoms with van der Waals surface area (Å²) < 4.78 is 47.2. The largest absolute Gasteiger partial charge is 0.466 e. The summed E-state index contributed by atoms with van der Waals surface area (Å²) in [7, 11) is 0. The van der Waals surface area contributed by atoms with E-state index in [0.29, 0.717) is 24.5 Å². The van der Waals surface area contributed by atoms with Gasteiger partial charge in [-0.15, -0.1) is 12.4 Å². The number of hydrogen-bond acceptors (Lipinski definition) is 11. The van der Waals surface area contributed by atoms with Crippen molar-refractivity contribution >= 4 is 53.6 Å². The van der Waals surface area contributed by atoms with Crippen molar-refractivity contribution in [3.8, 4) is 11.4 Å². The summed E-state index contributed by atoms with van der Waals surface area (Å²) >= 11 is 0. The predicted octanol–water partition coefficient (Wildman–Crippen LogP) is 4.70. The summed E-state index contributed by atoms with van der Waals surface area (Å²) in [4.78, 5) is 87.6. The molecule has 2 fully saturated rings. The van der Waals surface area contributed by atoms with E-state index in [0.717, 1.165) is 6.07 Å². The van der Waals surface area contributed by atoms with Gasteiger partial charge in [-0.2, -0.15) is 0 Å². The summed E-state index contributed by atoms with van der Waals surface area (Å²) in [5.74, 6) is -6.69. The maximum Gasteiger partial charge on any atom is 0.410 e. The third-order valence-corrected chi connectivity index (χ3v) is 9.66. The highest BCUT2D eigenvalue weighted by atomic mass is 35.5. The summed E-state index contributed by atoms with van der Waals surface area (Å²) in [6, 6.07) is 17.3. The Labute approximate surface area is 361 Å². The van der Waals surface area contributed by atoms with Gasteiger partial charge in [0.1, 0.15) is 17.2 Å². The predicted molar refractivity (Wildman–Crippen MR) is 226 cm³/mol. The highest BCUT2D eigenvalue weighted by Gasteiger charge is 2.45. The van der Waals surface area contributed by atoms with Crippen LogP contribution in [0.5, 0.6) is 0 Å². The van der Waals surface area contributed by atoms with Gasteiger partial charge >= 0.3 is 18.0 Å². The summed E-state index contributed by atoms with van der Waals surface area (Å²) in [6.07, 6.45) is 2.38. The van der Waals surface area contributed by atoms with Crippen molar-refractivity contribution in [2.45, 2.75) is 40.2 Å². The van der Waals surface area contributed by atoms with Gasteiger partial charge in [0.25, 0.3) is 11.1 Å². The molecule has 2 saturated heterocycles. The lowest BCUT2D eigenvalue weighted by Gasteiger charge is -2.24. The van der Waals surface area contributed by atoms with Crippen molar-refractivity contribution in [1.82, 2.24) is 19.4 Å². The molecule has 19 heteroatoms. The number of pyridine rings is 2. The molecule has 332 valence electrons. The van der Waals surface area contributed by atoms with Gasteiger partial charge in [0.2, 0.25) is 11.8 Å². The topological polar surface area (TPSA) is 196 Å². The van der Waals surface area contributed by atoms with Gasteiger partial charge in [-0.25, -0.2) is 13.6 Å². The molecular formula is C43H49ClF2N6O10. The molecule has 4 heterocycles. The standard InChI is InChI=1S/C24H28FN3O6.C19H20FN3O4.ClH/c1-5-33-22(31)17-14-27(23(32)34-24(2,3)4)13-16(17)21(30)26-19-10-9-15(12-18(19)25)28-11-7-6-8-20(28)29;1-2-27-19(26)14-11-21-10-13(14)18(25)22-16-7-6-12(9-15(16)20)23-8-4-3-5-17(23)24;/h6-12,16-17H,5,13-14H2,1-4H3,(H,26,30);3-9,13-14,21H,2,10-11H2,1H3,(H,22,25);1H/t16-,17-;13-,14-;/m00./s1. The molecular weight excluding hydrogens is 834 g/mol. The van der Waals surface area contributed by atoms with Crippen LogP contribution in [0.25, 0.3) is 11.4 Å². The summed E-state index contributed by atoms with van der Waals surface area (Å²) in [6.45, 7) is 9.35. The number of halogens is 3. The Bertz CT molecular complexity index is 2390. The smallest absolute Gasteiger partial charge is 0.410 e. The molecule has 0 unspecified atom stereocenters. The zero-order chi connectivity index (χ0) is 44.4. The zero-order valence-corrected chi connectivity index (χ0v) is 35.5. The number of carbonyl (C=O) groups excluding carboxylic acids is 5. The maximum atomic E-state index is 14.8. The van der Waals surface area contributed by atoms with E-state index in [9.17, 15) is 42.3 Å². The first-order valence-electron chi connectivity index (χ1n) is 19.6. The second kappa shape index (κ2) is 21.4. The van der Waals surface area contributed by atoms with Crippen LogP contribution in [0.2, 0.25) is 0 Å². The van der Waals surface area contributed by atoms with Gasteiger partial charge in [-0.1, -0.05) is 12.1 Å². The van der Waals surface area contributed by atoms with E-state index in [2.05, 4.69) is 16.0 Å². The lowest BCUT2D eigenvalue weighted by molar-refractivity contribution is -0.150. The van der Waals surface area contributed by atoms with Crippen LogP contribution >= 0.6 is 12.4 Å². The molecule has 6 rings (SSSR count). The molecule has 62 heavy (non-hydrogen) atoms. The number of rotatable bonds is 10. The minimum atomic E-state index is -0.956. The molecule has 0 saturated carbocycles.